The largest absolute Gasteiger partial charge is 0.493 e. The van der Waals surface area contributed by atoms with Crippen molar-refractivity contribution in [3.8, 4) is 11.5 Å². The fraction of sp³-hybridized carbons (Fsp3) is 0.500. The molecule has 0 fully saturated rings. The Morgan fingerprint density at radius 3 is 2.79 bits per heavy atom. The SMILES string of the molecule is CCCNC(=O)C(C)Oc1c(CN)cccc1OC. The van der Waals surface area contributed by atoms with Crippen molar-refractivity contribution in [2.75, 3.05) is 13.7 Å². The molecule has 1 aromatic carbocycles. The van der Waals surface area contributed by atoms with E-state index in [1.54, 1.807) is 20.1 Å². The summed E-state index contributed by atoms with van der Waals surface area (Å²) >= 11 is 0. The van der Waals surface area contributed by atoms with Gasteiger partial charge in [-0.2, -0.15) is 0 Å². The van der Waals surface area contributed by atoms with Crippen LogP contribution in [0.1, 0.15) is 25.8 Å². The minimum absolute atomic E-state index is 0.143. The lowest BCUT2D eigenvalue weighted by atomic mass is 10.2. The zero-order chi connectivity index (χ0) is 14.3. The highest BCUT2D eigenvalue weighted by Gasteiger charge is 2.18. The molecule has 1 atom stereocenters. The van der Waals surface area contributed by atoms with Gasteiger partial charge in [0, 0.05) is 18.7 Å². The van der Waals surface area contributed by atoms with Gasteiger partial charge in [-0.15, -0.1) is 0 Å². The highest BCUT2D eigenvalue weighted by atomic mass is 16.5. The van der Waals surface area contributed by atoms with Crippen LogP contribution in [0.5, 0.6) is 11.5 Å². The van der Waals surface area contributed by atoms with Crippen LogP contribution in [0.2, 0.25) is 0 Å². The van der Waals surface area contributed by atoms with Gasteiger partial charge < -0.3 is 20.5 Å². The van der Waals surface area contributed by atoms with E-state index >= 15 is 0 Å². The maximum Gasteiger partial charge on any atom is 0.260 e. The van der Waals surface area contributed by atoms with Gasteiger partial charge in [-0.1, -0.05) is 19.1 Å². The van der Waals surface area contributed by atoms with E-state index in [0.717, 1.165) is 12.0 Å². The lowest BCUT2D eigenvalue weighted by Crippen LogP contribution is -2.36. The molecule has 0 saturated carbocycles. The molecule has 1 rings (SSSR count). The standard InChI is InChI=1S/C14H22N2O3/c1-4-8-16-14(17)10(2)19-13-11(9-15)6-5-7-12(13)18-3/h5-7,10H,4,8-9,15H2,1-3H3,(H,16,17). The summed E-state index contributed by atoms with van der Waals surface area (Å²) < 4.78 is 10.9. The van der Waals surface area contributed by atoms with Crippen LogP contribution in [0.15, 0.2) is 18.2 Å². The van der Waals surface area contributed by atoms with Gasteiger partial charge in [-0.05, 0) is 19.4 Å². The van der Waals surface area contributed by atoms with Gasteiger partial charge in [-0.3, -0.25) is 4.79 Å². The number of nitrogens with two attached hydrogens (primary N) is 1. The molecule has 0 saturated heterocycles. The van der Waals surface area contributed by atoms with Gasteiger partial charge in [0.25, 0.3) is 5.91 Å². The molecule has 106 valence electrons. The first-order valence-electron chi connectivity index (χ1n) is 6.44. The topological polar surface area (TPSA) is 73.6 Å². The number of hydrogen-bond acceptors (Lipinski definition) is 4. The van der Waals surface area contributed by atoms with Crippen molar-refractivity contribution in [3.05, 3.63) is 23.8 Å². The van der Waals surface area contributed by atoms with E-state index in [1.807, 2.05) is 19.1 Å². The third-order valence-electron chi connectivity index (χ3n) is 2.71. The second-order valence-corrected chi connectivity index (χ2v) is 4.20. The molecule has 1 amide bonds. The van der Waals surface area contributed by atoms with E-state index in [9.17, 15) is 4.79 Å². The smallest absolute Gasteiger partial charge is 0.260 e. The van der Waals surface area contributed by atoms with E-state index in [1.165, 1.54) is 0 Å². The second-order valence-electron chi connectivity index (χ2n) is 4.20. The van der Waals surface area contributed by atoms with Gasteiger partial charge in [0.1, 0.15) is 0 Å². The maximum absolute atomic E-state index is 11.8. The number of benzene rings is 1. The number of nitrogens with one attached hydrogen (secondary N) is 1. The third-order valence-corrected chi connectivity index (χ3v) is 2.71. The molecule has 0 aromatic heterocycles. The molecule has 3 N–H and O–H groups in total. The Kier molecular flexibility index (Phi) is 6.15. The molecule has 0 aliphatic carbocycles. The number of carbonyl (C=O) groups excluding carboxylic acids is 1. The molecule has 0 radical (unpaired) electrons. The number of para-hydroxylation sites is 1. The fourth-order valence-corrected chi connectivity index (χ4v) is 1.64. The number of ether oxygens (including phenoxy) is 2. The van der Waals surface area contributed by atoms with Crippen molar-refractivity contribution < 1.29 is 14.3 Å². The molecule has 1 aromatic rings. The van der Waals surface area contributed by atoms with Crippen LogP contribution in [-0.2, 0) is 11.3 Å². The van der Waals surface area contributed by atoms with Crippen LogP contribution in [0.4, 0.5) is 0 Å². The Bertz CT molecular complexity index is 399. The Labute approximate surface area is 114 Å². The van der Waals surface area contributed by atoms with E-state index < -0.39 is 6.10 Å². The van der Waals surface area contributed by atoms with Crippen LogP contribution in [0.3, 0.4) is 0 Å². The number of carbonyl (C=O) groups is 1. The fourth-order valence-electron chi connectivity index (χ4n) is 1.64. The predicted molar refractivity (Wildman–Crippen MR) is 74.3 cm³/mol. The average Bonchev–Trinajstić information content (AvgIpc) is 2.44. The van der Waals surface area contributed by atoms with Crippen LogP contribution in [0.25, 0.3) is 0 Å². The lowest BCUT2D eigenvalue weighted by molar-refractivity contribution is -0.127. The molecule has 5 nitrogen and oxygen atoms in total. The quantitative estimate of drug-likeness (QED) is 0.783. The summed E-state index contributed by atoms with van der Waals surface area (Å²) in [5.74, 6) is 0.973. The van der Waals surface area contributed by atoms with Crippen LogP contribution < -0.4 is 20.5 Å². The average molecular weight is 266 g/mol. The van der Waals surface area contributed by atoms with Gasteiger partial charge in [0.05, 0.1) is 7.11 Å². The van der Waals surface area contributed by atoms with E-state index in [2.05, 4.69) is 5.32 Å². The summed E-state index contributed by atoms with van der Waals surface area (Å²) in [4.78, 5) is 11.8. The first-order valence-corrected chi connectivity index (χ1v) is 6.44. The highest BCUT2D eigenvalue weighted by molar-refractivity contribution is 5.80. The number of rotatable bonds is 7. The van der Waals surface area contributed by atoms with Crippen molar-refractivity contribution in [3.63, 3.8) is 0 Å². The van der Waals surface area contributed by atoms with Crippen LogP contribution in [-0.4, -0.2) is 25.7 Å². The zero-order valence-electron chi connectivity index (χ0n) is 11.7. The highest BCUT2D eigenvalue weighted by Crippen LogP contribution is 2.31. The van der Waals surface area contributed by atoms with Gasteiger partial charge in [0.2, 0.25) is 0 Å². The Balaban J connectivity index is 2.82. The third kappa shape index (κ3) is 4.13. The second kappa shape index (κ2) is 7.63. The minimum atomic E-state index is -0.590. The Hall–Kier alpha value is -1.75. The lowest BCUT2D eigenvalue weighted by Gasteiger charge is -2.18. The molecule has 5 heteroatoms. The summed E-state index contributed by atoms with van der Waals surface area (Å²) in [6.07, 6.45) is 0.300. The molecule has 0 spiro atoms. The van der Waals surface area contributed by atoms with E-state index in [0.29, 0.717) is 24.6 Å². The van der Waals surface area contributed by atoms with Crippen LogP contribution >= 0.6 is 0 Å². The van der Waals surface area contributed by atoms with Gasteiger partial charge >= 0.3 is 0 Å². The first-order chi connectivity index (χ1) is 9.13. The molecule has 0 bridgehead atoms. The predicted octanol–water partition coefficient (Wildman–Crippen LogP) is 1.45. The Morgan fingerprint density at radius 1 is 1.47 bits per heavy atom. The summed E-state index contributed by atoms with van der Waals surface area (Å²) in [6.45, 7) is 4.67. The summed E-state index contributed by atoms with van der Waals surface area (Å²) in [5.41, 5.74) is 6.48. The Morgan fingerprint density at radius 2 is 2.21 bits per heavy atom. The molecular weight excluding hydrogens is 244 g/mol. The summed E-state index contributed by atoms with van der Waals surface area (Å²) in [7, 11) is 1.56. The van der Waals surface area contributed by atoms with E-state index in [-0.39, 0.29) is 5.91 Å². The maximum atomic E-state index is 11.8. The summed E-state index contributed by atoms with van der Waals surface area (Å²) in [6, 6.07) is 5.48. The van der Waals surface area contributed by atoms with Crippen molar-refractivity contribution in [2.24, 2.45) is 5.73 Å². The summed E-state index contributed by atoms with van der Waals surface area (Å²) in [5, 5.41) is 2.79. The zero-order valence-corrected chi connectivity index (χ0v) is 11.7. The number of methoxy groups -OCH3 is 1. The molecule has 0 heterocycles. The van der Waals surface area contributed by atoms with Crippen LogP contribution in [0, 0.1) is 0 Å². The molecular formula is C14H22N2O3. The molecule has 0 aliphatic rings. The normalized spacial score (nSPS) is 11.8. The number of hydrogen-bond donors (Lipinski definition) is 2. The monoisotopic (exact) mass is 266 g/mol. The van der Waals surface area contributed by atoms with Crippen molar-refractivity contribution in [1.29, 1.82) is 0 Å². The van der Waals surface area contributed by atoms with Crippen molar-refractivity contribution in [2.45, 2.75) is 32.9 Å². The molecule has 0 aliphatic heterocycles. The van der Waals surface area contributed by atoms with Gasteiger partial charge in [-0.25, -0.2) is 0 Å². The number of amides is 1. The minimum Gasteiger partial charge on any atom is -0.493 e. The van der Waals surface area contributed by atoms with Gasteiger partial charge in [0.15, 0.2) is 17.6 Å². The van der Waals surface area contributed by atoms with Crippen molar-refractivity contribution in [1.82, 2.24) is 5.32 Å². The van der Waals surface area contributed by atoms with Crippen molar-refractivity contribution >= 4 is 5.91 Å². The molecule has 1 unspecified atom stereocenters. The molecule has 19 heavy (non-hydrogen) atoms. The van der Waals surface area contributed by atoms with E-state index in [4.69, 9.17) is 15.2 Å². The first kappa shape index (κ1) is 15.3.